The zero-order valence-electron chi connectivity index (χ0n) is 14.9. The zero-order chi connectivity index (χ0) is 18.6. The first-order valence-corrected chi connectivity index (χ1v) is 8.16. The van der Waals surface area contributed by atoms with E-state index >= 15 is 0 Å². The van der Waals surface area contributed by atoms with Crippen LogP contribution in [0.4, 0.5) is 0 Å². The van der Waals surface area contributed by atoms with Crippen molar-refractivity contribution < 1.29 is 19.1 Å². The molecule has 1 atom stereocenters. The number of primary amides is 1. The summed E-state index contributed by atoms with van der Waals surface area (Å²) in [5, 5.41) is 0. The fourth-order valence-corrected chi connectivity index (χ4v) is 2.53. The van der Waals surface area contributed by atoms with Gasteiger partial charge in [0, 0.05) is 5.56 Å². The van der Waals surface area contributed by atoms with E-state index in [2.05, 4.69) is 13.8 Å². The molecule has 0 aliphatic heterocycles. The molecule has 2 aromatic rings. The summed E-state index contributed by atoms with van der Waals surface area (Å²) in [6.07, 6.45) is -0.790. The van der Waals surface area contributed by atoms with Crippen molar-refractivity contribution in [1.82, 2.24) is 0 Å². The Balaban J connectivity index is 2.04. The molecular formula is C20H23NO4. The third-order valence-corrected chi connectivity index (χ3v) is 3.85. The van der Waals surface area contributed by atoms with Crippen LogP contribution in [0.2, 0.25) is 0 Å². The predicted octanol–water partition coefficient (Wildman–Crippen LogP) is 3.59. The lowest BCUT2D eigenvalue weighted by molar-refractivity contribution is -0.141. The lowest BCUT2D eigenvalue weighted by Gasteiger charge is -2.16. The van der Waals surface area contributed by atoms with Crippen LogP contribution < -0.4 is 15.2 Å². The quantitative estimate of drug-likeness (QED) is 0.643. The van der Waals surface area contributed by atoms with Crippen LogP contribution in [0.3, 0.4) is 0 Å². The predicted molar refractivity (Wildman–Crippen MR) is 96.0 cm³/mol. The van der Waals surface area contributed by atoms with Crippen molar-refractivity contribution in [3.63, 3.8) is 0 Å². The van der Waals surface area contributed by atoms with Crippen LogP contribution in [0.15, 0.2) is 42.5 Å². The third-order valence-electron chi connectivity index (χ3n) is 3.85. The van der Waals surface area contributed by atoms with Gasteiger partial charge in [0.1, 0.15) is 11.5 Å². The van der Waals surface area contributed by atoms with E-state index in [0.29, 0.717) is 11.7 Å². The molecule has 0 heterocycles. The van der Waals surface area contributed by atoms with Crippen molar-refractivity contribution in [2.75, 3.05) is 0 Å². The van der Waals surface area contributed by atoms with Crippen LogP contribution in [-0.2, 0) is 4.79 Å². The van der Waals surface area contributed by atoms with Gasteiger partial charge in [-0.1, -0.05) is 26.0 Å². The van der Waals surface area contributed by atoms with E-state index < -0.39 is 18.0 Å². The summed E-state index contributed by atoms with van der Waals surface area (Å²) in [7, 11) is 0. The van der Waals surface area contributed by atoms with Crippen molar-refractivity contribution >= 4 is 11.9 Å². The summed E-state index contributed by atoms with van der Waals surface area (Å²) in [6.45, 7) is 7.89. The first-order chi connectivity index (χ1) is 11.8. The van der Waals surface area contributed by atoms with Gasteiger partial charge in [-0.15, -0.1) is 0 Å². The number of hydrogen-bond donors (Lipinski definition) is 1. The van der Waals surface area contributed by atoms with Crippen LogP contribution >= 0.6 is 0 Å². The average Bonchev–Trinajstić information content (AvgIpc) is 2.54. The lowest BCUT2D eigenvalue weighted by Crippen LogP contribution is -2.28. The van der Waals surface area contributed by atoms with Crippen LogP contribution in [0.1, 0.15) is 48.2 Å². The SMILES string of the molecule is Cc1cc(OC(C)C(=O)Oc2cccc(C(N)=O)c2)ccc1C(C)C. The Morgan fingerprint density at radius 2 is 1.72 bits per heavy atom. The molecule has 0 aliphatic carbocycles. The maximum atomic E-state index is 12.2. The summed E-state index contributed by atoms with van der Waals surface area (Å²) in [4.78, 5) is 23.4. The van der Waals surface area contributed by atoms with Crippen LogP contribution in [-0.4, -0.2) is 18.0 Å². The Kier molecular flexibility index (Phi) is 5.80. The zero-order valence-corrected chi connectivity index (χ0v) is 14.9. The minimum Gasteiger partial charge on any atom is -0.479 e. The van der Waals surface area contributed by atoms with Gasteiger partial charge < -0.3 is 15.2 Å². The first-order valence-electron chi connectivity index (χ1n) is 8.16. The van der Waals surface area contributed by atoms with E-state index in [4.69, 9.17) is 15.2 Å². The highest BCUT2D eigenvalue weighted by atomic mass is 16.6. The van der Waals surface area contributed by atoms with Crippen LogP contribution in [0.25, 0.3) is 0 Å². The molecule has 25 heavy (non-hydrogen) atoms. The fraction of sp³-hybridized carbons (Fsp3) is 0.300. The molecule has 0 aromatic heterocycles. The van der Waals surface area contributed by atoms with Gasteiger partial charge in [-0.05, 0) is 61.2 Å². The molecule has 5 nitrogen and oxygen atoms in total. The molecule has 1 unspecified atom stereocenters. The summed E-state index contributed by atoms with van der Waals surface area (Å²) >= 11 is 0. The number of carbonyl (C=O) groups is 2. The molecule has 132 valence electrons. The number of amides is 1. The van der Waals surface area contributed by atoms with E-state index in [1.165, 1.54) is 11.6 Å². The molecule has 2 aromatic carbocycles. The molecule has 1 amide bonds. The molecule has 2 N–H and O–H groups in total. The van der Waals surface area contributed by atoms with Crippen molar-refractivity contribution in [2.45, 2.75) is 39.7 Å². The number of carbonyl (C=O) groups excluding carboxylic acids is 2. The Hall–Kier alpha value is -2.82. The largest absolute Gasteiger partial charge is 0.479 e. The molecule has 0 saturated carbocycles. The second-order valence-electron chi connectivity index (χ2n) is 6.25. The number of nitrogens with two attached hydrogens (primary N) is 1. The number of rotatable bonds is 6. The van der Waals surface area contributed by atoms with Crippen molar-refractivity contribution in [1.29, 1.82) is 0 Å². The number of esters is 1. The molecule has 0 fully saturated rings. The Morgan fingerprint density at radius 1 is 1.00 bits per heavy atom. The monoisotopic (exact) mass is 341 g/mol. The van der Waals surface area contributed by atoms with Gasteiger partial charge in [0.25, 0.3) is 0 Å². The molecule has 0 bridgehead atoms. The van der Waals surface area contributed by atoms with Crippen molar-refractivity contribution in [2.24, 2.45) is 5.73 Å². The fourth-order valence-electron chi connectivity index (χ4n) is 2.53. The highest BCUT2D eigenvalue weighted by Crippen LogP contribution is 2.24. The molecule has 0 saturated heterocycles. The van der Waals surface area contributed by atoms with Gasteiger partial charge in [0.2, 0.25) is 5.91 Å². The molecule has 5 heteroatoms. The van der Waals surface area contributed by atoms with Crippen molar-refractivity contribution in [3.05, 3.63) is 59.2 Å². The van der Waals surface area contributed by atoms with E-state index in [0.717, 1.165) is 5.56 Å². The van der Waals surface area contributed by atoms with E-state index in [9.17, 15) is 9.59 Å². The maximum Gasteiger partial charge on any atom is 0.352 e. The summed E-state index contributed by atoms with van der Waals surface area (Å²) in [5.41, 5.74) is 7.85. The van der Waals surface area contributed by atoms with Gasteiger partial charge >= 0.3 is 5.97 Å². The van der Waals surface area contributed by atoms with Gasteiger partial charge in [-0.3, -0.25) is 4.79 Å². The Labute approximate surface area is 147 Å². The number of benzene rings is 2. The smallest absolute Gasteiger partial charge is 0.352 e. The second kappa shape index (κ2) is 7.83. The molecule has 0 spiro atoms. The van der Waals surface area contributed by atoms with Crippen LogP contribution in [0, 0.1) is 6.92 Å². The minimum absolute atomic E-state index is 0.253. The van der Waals surface area contributed by atoms with Crippen molar-refractivity contribution in [3.8, 4) is 11.5 Å². The first kappa shape index (κ1) is 18.5. The average molecular weight is 341 g/mol. The molecular weight excluding hydrogens is 318 g/mol. The van der Waals surface area contributed by atoms with E-state index in [1.54, 1.807) is 25.1 Å². The van der Waals surface area contributed by atoms with Gasteiger partial charge in [-0.2, -0.15) is 0 Å². The lowest BCUT2D eigenvalue weighted by atomic mass is 9.98. The summed E-state index contributed by atoms with van der Waals surface area (Å²) in [5.74, 6) is 0.157. The Morgan fingerprint density at radius 3 is 2.32 bits per heavy atom. The highest BCUT2D eigenvalue weighted by Gasteiger charge is 2.18. The number of hydrogen-bond acceptors (Lipinski definition) is 4. The minimum atomic E-state index is -0.790. The summed E-state index contributed by atoms with van der Waals surface area (Å²) in [6, 6.07) is 11.9. The topological polar surface area (TPSA) is 78.6 Å². The van der Waals surface area contributed by atoms with E-state index in [1.807, 2.05) is 25.1 Å². The standard InChI is InChI=1S/C20H23NO4/c1-12(2)18-9-8-17(10-13(18)3)24-14(4)20(23)25-16-7-5-6-15(11-16)19(21)22/h5-12,14H,1-4H3,(H2,21,22). The number of ether oxygens (including phenoxy) is 2. The number of aryl methyl sites for hydroxylation is 1. The normalized spacial score (nSPS) is 11.9. The molecule has 0 radical (unpaired) electrons. The van der Waals surface area contributed by atoms with E-state index in [-0.39, 0.29) is 11.3 Å². The maximum absolute atomic E-state index is 12.2. The Bertz CT molecular complexity index is 783. The molecule has 2 rings (SSSR count). The summed E-state index contributed by atoms with van der Waals surface area (Å²) < 4.78 is 10.9. The van der Waals surface area contributed by atoms with Crippen LogP contribution in [0.5, 0.6) is 11.5 Å². The highest BCUT2D eigenvalue weighted by molar-refractivity contribution is 5.93. The van der Waals surface area contributed by atoms with Gasteiger partial charge in [-0.25, -0.2) is 4.79 Å². The second-order valence-corrected chi connectivity index (χ2v) is 6.25. The third kappa shape index (κ3) is 4.83. The molecule has 0 aliphatic rings. The van der Waals surface area contributed by atoms with Gasteiger partial charge in [0.15, 0.2) is 6.10 Å². The van der Waals surface area contributed by atoms with Gasteiger partial charge in [0.05, 0.1) is 0 Å².